The van der Waals surface area contributed by atoms with Gasteiger partial charge < -0.3 is 19.3 Å². The van der Waals surface area contributed by atoms with Crippen LogP contribution in [0, 0.1) is 11.8 Å². The summed E-state index contributed by atoms with van der Waals surface area (Å²) in [5.74, 6) is 0.717. The van der Waals surface area contributed by atoms with E-state index in [1.165, 1.54) is 0 Å². The van der Waals surface area contributed by atoms with E-state index < -0.39 is 5.60 Å². The van der Waals surface area contributed by atoms with Crippen molar-refractivity contribution in [1.82, 2.24) is 9.80 Å². The maximum atomic E-state index is 12.4. The zero-order valence-electron chi connectivity index (χ0n) is 20.3. The van der Waals surface area contributed by atoms with Gasteiger partial charge in [-0.3, -0.25) is 4.79 Å². The van der Waals surface area contributed by atoms with Crippen molar-refractivity contribution in [2.75, 3.05) is 26.2 Å². The molecule has 0 saturated carbocycles. The predicted molar refractivity (Wildman–Crippen MR) is 126 cm³/mol. The Hall–Kier alpha value is -2.57. The second-order valence-electron chi connectivity index (χ2n) is 10.2. The minimum absolute atomic E-state index is 0.0979. The van der Waals surface area contributed by atoms with Crippen molar-refractivity contribution in [3.8, 4) is 0 Å². The van der Waals surface area contributed by atoms with Crippen LogP contribution in [-0.2, 0) is 20.9 Å². The number of ether oxygens (including phenoxy) is 2. The van der Waals surface area contributed by atoms with Gasteiger partial charge in [-0.25, -0.2) is 9.59 Å². The molecule has 1 aromatic carbocycles. The summed E-state index contributed by atoms with van der Waals surface area (Å²) >= 11 is 0. The lowest BCUT2D eigenvalue weighted by Crippen LogP contribution is -2.46. The molecule has 2 fully saturated rings. The number of carbonyl (C=O) groups is 3. The SMILES string of the molecule is CC(C)(C)OC(=O)N1CCC(=O)C(CCCC2CCN(C(=O)OCc3ccccc3)CC2)C1. The summed E-state index contributed by atoms with van der Waals surface area (Å²) < 4.78 is 10.9. The van der Waals surface area contributed by atoms with Crippen molar-refractivity contribution in [3.05, 3.63) is 35.9 Å². The summed E-state index contributed by atoms with van der Waals surface area (Å²) in [6.45, 7) is 8.20. The Bertz CT molecular complexity index is 797. The maximum absolute atomic E-state index is 12.4. The molecule has 182 valence electrons. The maximum Gasteiger partial charge on any atom is 0.410 e. The number of piperidine rings is 2. The fourth-order valence-corrected chi connectivity index (χ4v) is 4.52. The Morgan fingerprint density at radius 2 is 1.67 bits per heavy atom. The molecule has 7 heteroatoms. The highest BCUT2D eigenvalue weighted by Crippen LogP contribution is 2.26. The third-order valence-electron chi connectivity index (χ3n) is 6.42. The molecule has 2 amide bonds. The highest BCUT2D eigenvalue weighted by Gasteiger charge is 2.32. The van der Waals surface area contributed by atoms with Gasteiger partial charge in [-0.1, -0.05) is 43.2 Å². The number of amides is 2. The van der Waals surface area contributed by atoms with Crippen molar-refractivity contribution in [2.45, 2.75) is 71.5 Å². The molecule has 1 aromatic rings. The van der Waals surface area contributed by atoms with E-state index in [2.05, 4.69) is 0 Å². The number of hydrogen-bond acceptors (Lipinski definition) is 5. The molecule has 33 heavy (non-hydrogen) atoms. The predicted octanol–water partition coefficient (Wildman–Crippen LogP) is 5.03. The number of ketones is 1. The van der Waals surface area contributed by atoms with Gasteiger partial charge in [-0.2, -0.15) is 0 Å². The normalized spacial score (nSPS) is 20.0. The van der Waals surface area contributed by atoms with Gasteiger partial charge in [0.15, 0.2) is 0 Å². The molecule has 0 aromatic heterocycles. The molecule has 1 atom stereocenters. The molecule has 2 aliphatic rings. The zero-order chi connectivity index (χ0) is 23.8. The standard InChI is InChI=1S/C26H38N2O5/c1-26(2,3)33-25(31)28-17-14-23(29)22(18-28)11-7-10-20-12-15-27(16-13-20)24(30)32-19-21-8-5-4-6-9-21/h4-6,8-9,20,22H,7,10-19H2,1-3H3. The molecule has 0 radical (unpaired) electrons. The fourth-order valence-electron chi connectivity index (χ4n) is 4.52. The molecule has 0 N–H and O–H groups in total. The van der Waals surface area contributed by atoms with Crippen LogP contribution in [0.1, 0.15) is 64.9 Å². The third kappa shape index (κ3) is 8.06. The zero-order valence-corrected chi connectivity index (χ0v) is 20.3. The summed E-state index contributed by atoms with van der Waals surface area (Å²) in [6.07, 6.45) is 4.57. The third-order valence-corrected chi connectivity index (χ3v) is 6.42. The van der Waals surface area contributed by atoms with Crippen LogP contribution in [0.4, 0.5) is 9.59 Å². The quantitative estimate of drug-likeness (QED) is 0.597. The van der Waals surface area contributed by atoms with Gasteiger partial charge in [0, 0.05) is 38.5 Å². The smallest absolute Gasteiger partial charge is 0.410 e. The Kier molecular flexibility index (Phi) is 8.75. The van der Waals surface area contributed by atoms with Gasteiger partial charge in [-0.15, -0.1) is 0 Å². The van der Waals surface area contributed by atoms with Crippen molar-refractivity contribution in [1.29, 1.82) is 0 Å². The number of nitrogens with zero attached hydrogens (tertiary/aromatic N) is 2. The van der Waals surface area contributed by atoms with E-state index in [9.17, 15) is 14.4 Å². The molecular weight excluding hydrogens is 420 g/mol. The van der Waals surface area contributed by atoms with Crippen molar-refractivity contribution in [3.63, 3.8) is 0 Å². The van der Waals surface area contributed by atoms with E-state index in [4.69, 9.17) is 9.47 Å². The van der Waals surface area contributed by atoms with Crippen molar-refractivity contribution >= 4 is 18.0 Å². The van der Waals surface area contributed by atoms with E-state index in [1.54, 1.807) is 9.80 Å². The summed E-state index contributed by atoms with van der Waals surface area (Å²) in [5.41, 5.74) is 0.458. The van der Waals surface area contributed by atoms with Gasteiger partial charge in [0.25, 0.3) is 0 Å². The van der Waals surface area contributed by atoms with E-state index in [1.807, 2.05) is 51.1 Å². The first-order valence-electron chi connectivity index (χ1n) is 12.2. The molecule has 0 aliphatic carbocycles. The summed E-state index contributed by atoms with van der Waals surface area (Å²) in [4.78, 5) is 40.5. The number of likely N-dealkylation sites (tertiary alicyclic amines) is 2. The van der Waals surface area contributed by atoms with Crippen LogP contribution in [0.25, 0.3) is 0 Å². The van der Waals surface area contributed by atoms with E-state index >= 15 is 0 Å². The molecular formula is C26H38N2O5. The minimum Gasteiger partial charge on any atom is -0.445 e. The summed E-state index contributed by atoms with van der Waals surface area (Å²) in [7, 11) is 0. The number of rotatable bonds is 6. The van der Waals surface area contributed by atoms with E-state index in [0.717, 1.165) is 37.7 Å². The number of hydrogen-bond donors (Lipinski definition) is 0. The first-order chi connectivity index (χ1) is 15.7. The molecule has 2 aliphatic heterocycles. The molecule has 1 unspecified atom stereocenters. The Labute approximate surface area is 197 Å². The Morgan fingerprint density at radius 1 is 0.970 bits per heavy atom. The van der Waals surface area contributed by atoms with Gasteiger partial charge in [0.2, 0.25) is 0 Å². The van der Waals surface area contributed by atoms with E-state index in [-0.39, 0.29) is 23.9 Å². The molecule has 3 rings (SSSR count). The van der Waals surface area contributed by atoms with E-state index in [0.29, 0.717) is 45.1 Å². The molecule has 7 nitrogen and oxygen atoms in total. The number of Topliss-reactive ketones (excluding diaryl/α,β-unsaturated/α-hetero) is 1. The number of carbonyl (C=O) groups excluding carboxylic acids is 3. The van der Waals surface area contributed by atoms with Crippen molar-refractivity contribution < 1.29 is 23.9 Å². The van der Waals surface area contributed by atoms with Crippen LogP contribution in [0.2, 0.25) is 0 Å². The summed E-state index contributed by atoms with van der Waals surface area (Å²) in [5, 5.41) is 0. The molecule has 0 spiro atoms. The number of benzene rings is 1. The average molecular weight is 459 g/mol. The molecule has 2 saturated heterocycles. The van der Waals surface area contributed by atoms with Gasteiger partial charge in [-0.05, 0) is 51.5 Å². The lowest BCUT2D eigenvalue weighted by molar-refractivity contribution is -0.126. The average Bonchev–Trinajstić information content (AvgIpc) is 2.78. The molecule has 2 heterocycles. The second-order valence-corrected chi connectivity index (χ2v) is 10.2. The van der Waals surface area contributed by atoms with Gasteiger partial charge in [0.05, 0.1) is 0 Å². The lowest BCUT2D eigenvalue weighted by Gasteiger charge is -2.34. The summed E-state index contributed by atoms with van der Waals surface area (Å²) in [6, 6.07) is 9.71. The highest BCUT2D eigenvalue weighted by atomic mass is 16.6. The first-order valence-corrected chi connectivity index (χ1v) is 12.2. The van der Waals surface area contributed by atoms with Crippen LogP contribution in [-0.4, -0.2) is 59.5 Å². The van der Waals surface area contributed by atoms with Crippen LogP contribution >= 0.6 is 0 Å². The van der Waals surface area contributed by atoms with Gasteiger partial charge >= 0.3 is 12.2 Å². The lowest BCUT2D eigenvalue weighted by atomic mass is 9.87. The molecule has 0 bridgehead atoms. The van der Waals surface area contributed by atoms with Crippen molar-refractivity contribution in [2.24, 2.45) is 11.8 Å². The van der Waals surface area contributed by atoms with Crippen LogP contribution in [0.3, 0.4) is 0 Å². The monoisotopic (exact) mass is 458 g/mol. The minimum atomic E-state index is -0.531. The van der Waals surface area contributed by atoms with Gasteiger partial charge in [0.1, 0.15) is 18.0 Å². The Balaban J connectivity index is 1.34. The first kappa shape index (κ1) is 25.1. The highest BCUT2D eigenvalue weighted by molar-refractivity contribution is 5.84. The van der Waals surface area contributed by atoms with Crippen LogP contribution in [0.15, 0.2) is 30.3 Å². The largest absolute Gasteiger partial charge is 0.445 e. The van der Waals surface area contributed by atoms with Crippen LogP contribution < -0.4 is 0 Å². The topological polar surface area (TPSA) is 76.2 Å². The van der Waals surface area contributed by atoms with Crippen LogP contribution in [0.5, 0.6) is 0 Å². The second kappa shape index (κ2) is 11.5. The fraction of sp³-hybridized carbons (Fsp3) is 0.654. The Morgan fingerprint density at radius 3 is 2.33 bits per heavy atom.